The third-order valence-corrected chi connectivity index (χ3v) is 2.66. The van der Waals surface area contributed by atoms with Gasteiger partial charge in [0.1, 0.15) is 6.67 Å². The van der Waals surface area contributed by atoms with Crippen molar-refractivity contribution < 1.29 is 18.7 Å². The lowest BCUT2D eigenvalue weighted by Gasteiger charge is -2.03. The Labute approximate surface area is 101 Å². The van der Waals surface area contributed by atoms with Crippen molar-refractivity contribution in [1.82, 2.24) is 0 Å². The van der Waals surface area contributed by atoms with Gasteiger partial charge < -0.3 is 4.74 Å². The van der Waals surface area contributed by atoms with Crippen molar-refractivity contribution in [3.63, 3.8) is 0 Å². The molecule has 5 heteroatoms. The normalized spacial score (nSPS) is 9.94. The van der Waals surface area contributed by atoms with Crippen LogP contribution in [0.2, 0.25) is 0 Å². The second-order valence-corrected chi connectivity index (χ2v) is 3.84. The van der Waals surface area contributed by atoms with Crippen LogP contribution < -0.4 is 0 Å². The molecule has 0 radical (unpaired) electrons. The SMILES string of the molecule is CCOC(=O)C(=O)c1ccc(CF)c(Br)c1. The summed E-state index contributed by atoms with van der Waals surface area (Å²) in [5, 5.41) is 0. The molecular formula is C11H10BrFO3. The molecule has 0 aliphatic carbocycles. The predicted molar refractivity (Wildman–Crippen MR) is 59.9 cm³/mol. The third kappa shape index (κ3) is 2.88. The van der Waals surface area contributed by atoms with E-state index < -0.39 is 18.4 Å². The molecule has 0 N–H and O–H groups in total. The fourth-order valence-corrected chi connectivity index (χ4v) is 1.60. The van der Waals surface area contributed by atoms with Gasteiger partial charge >= 0.3 is 5.97 Å². The van der Waals surface area contributed by atoms with Crippen LogP contribution in [0.15, 0.2) is 22.7 Å². The highest BCUT2D eigenvalue weighted by atomic mass is 79.9. The number of esters is 1. The number of ether oxygens (including phenoxy) is 1. The maximum absolute atomic E-state index is 12.4. The van der Waals surface area contributed by atoms with Crippen LogP contribution in [0.25, 0.3) is 0 Å². The predicted octanol–water partition coefficient (Wildman–Crippen LogP) is 2.66. The number of ketones is 1. The molecule has 3 nitrogen and oxygen atoms in total. The van der Waals surface area contributed by atoms with Gasteiger partial charge in [0.2, 0.25) is 0 Å². The second kappa shape index (κ2) is 5.75. The molecule has 0 spiro atoms. The zero-order valence-corrected chi connectivity index (χ0v) is 10.2. The maximum atomic E-state index is 12.4. The van der Waals surface area contributed by atoms with Gasteiger partial charge in [-0.25, -0.2) is 9.18 Å². The molecule has 0 aliphatic heterocycles. The molecule has 0 saturated heterocycles. The topological polar surface area (TPSA) is 43.4 Å². The average Bonchev–Trinajstić information content (AvgIpc) is 2.28. The molecule has 86 valence electrons. The Morgan fingerprint density at radius 2 is 2.12 bits per heavy atom. The molecule has 0 heterocycles. The molecule has 0 fully saturated rings. The second-order valence-electron chi connectivity index (χ2n) is 2.99. The van der Waals surface area contributed by atoms with Crippen LogP contribution in [-0.4, -0.2) is 18.4 Å². The number of hydrogen-bond acceptors (Lipinski definition) is 3. The van der Waals surface area contributed by atoms with E-state index in [0.29, 0.717) is 10.0 Å². The standard InChI is InChI=1S/C11H10BrFO3/c1-2-16-11(15)10(14)7-3-4-8(6-13)9(12)5-7/h3-5H,2,6H2,1H3. The van der Waals surface area contributed by atoms with E-state index in [1.807, 2.05) is 0 Å². The number of carbonyl (C=O) groups excluding carboxylic acids is 2. The number of Topliss-reactive ketones (excluding diaryl/α,β-unsaturated/α-hetero) is 1. The van der Waals surface area contributed by atoms with E-state index in [9.17, 15) is 14.0 Å². The molecule has 0 saturated carbocycles. The van der Waals surface area contributed by atoms with Crippen molar-refractivity contribution in [2.24, 2.45) is 0 Å². The Balaban J connectivity index is 2.93. The van der Waals surface area contributed by atoms with Crippen LogP contribution in [0.1, 0.15) is 22.8 Å². The number of carbonyl (C=O) groups is 2. The van der Waals surface area contributed by atoms with Crippen LogP contribution in [0.4, 0.5) is 4.39 Å². The van der Waals surface area contributed by atoms with Crippen molar-refractivity contribution in [2.45, 2.75) is 13.6 Å². The first kappa shape index (κ1) is 12.8. The van der Waals surface area contributed by atoms with Gasteiger partial charge in [-0.05, 0) is 18.6 Å². The van der Waals surface area contributed by atoms with Gasteiger partial charge in [-0.2, -0.15) is 0 Å². The number of halogens is 2. The summed E-state index contributed by atoms with van der Waals surface area (Å²) < 4.78 is 17.4. The Hall–Kier alpha value is -1.23. The molecule has 16 heavy (non-hydrogen) atoms. The first-order valence-corrected chi connectivity index (χ1v) is 5.45. The lowest BCUT2D eigenvalue weighted by atomic mass is 10.1. The van der Waals surface area contributed by atoms with Crippen LogP contribution >= 0.6 is 15.9 Å². The first-order chi connectivity index (χ1) is 7.60. The van der Waals surface area contributed by atoms with Crippen molar-refractivity contribution in [1.29, 1.82) is 0 Å². The monoisotopic (exact) mass is 288 g/mol. The Bertz CT molecular complexity index is 418. The highest BCUT2D eigenvalue weighted by Gasteiger charge is 2.18. The summed E-state index contributed by atoms with van der Waals surface area (Å²) in [4.78, 5) is 22.6. The van der Waals surface area contributed by atoms with Gasteiger partial charge in [0.15, 0.2) is 0 Å². The van der Waals surface area contributed by atoms with E-state index in [1.54, 1.807) is 6.92 Å². The first-order valence-electron chi connectivity index (χ1n) is 4.66. The Morgan fingerprint density at radius 3 is 2.62 bits per heavy atom. The van der Waals surface area contributed by atoms with Crippen molar-refractivity contribution in [2.75, 3.05) is 6.61 Å². The number of benzene rings is 1. The van der Waals surface area contributed by atoms with E-state index in [0.717, 1.165) is 0 Å². The summed E-state index contributed by atoms with van der Waals surface area (Å²) in [6.07, 6.45) is 0. The molecule has 1 rings (SSSR count). The minimum absolute atomic E-state index is 0.147. The minimum Gasteiger partial charge on any atom is -0.460 e. The lowest BCUT2D eigenvalue weighted by molar-refractivity contribution is -0.137. The zero-order valence-electron chi connectivity index (χ0n) is 8.63. The van der Waals surface area contributed by atoms with Crippen LogP contribution in [-0.2, 0) is 16.2 Å². The van der Waals surface area contributed by atoms with Crippen molar-refractivity contribution in [3.8, 4) is 0 Å². The Morgan fingerprint density at radius 1 is 1.44 bits per heavy atom. The summed E-state index contributed by atoms with van der Waals surface area (Å²) in [6, 6.07) is 4.27. The maximum Gasteiger partial charge on any atom is 0.379 e. The van der Waals surface area contributed by atoms with E-state index >= 15 is 0 Å². The molecule has 0 atom stereocenters. The molecular weight excluding hydrogens is 279 g/mol. The number of hydrogen-bond donors (Lipinski definition) is 0. The summed E-state index contributed by atoms with van der Waals surface area (Å²) in [7, 11) is 0. The van der Waals surface area contributed by atoms with E-state index in [2.05, 4.69) is 20.7 Å². The fraction of sp³-hybridized carbons (Fsp3) is 0.273. The number of alkyl halides is 1. The molecule has 0 unspecified atom stereocenters. The largest absolute Gasteiger partial charge is 0.460 e. The molecule has 1 aromatic rings. The van der Waals surface area contributed by atoms with Gasteiger partial charge in [0.25, 0.3) is 5.78 Å². The number of rotatable bonds is 4. The highest BCUT2D eigenvalue weighted by Crippen LogP contribution is 2.20. The molecule has 0 amide bonds. The van der Waals surface area contributed by atoms with E-state index in [4.69, 9.17) is 0 Å². The van der Waals surface area contributed by atoms with Gasteiger partial charge in [-0.15, -0.1) is 0 Å². The van der Waals surface area contributed by atoms with Crippen molar-refractivity contribution >= 4 is 27.7 Å². The summed E-state index contributed by atoms with van der Waals surface area (Å²) >= 11 is 3.12. The highest BCUT2D eigenvalue weighted by molar-refractivity contribution is 9.10. The van der Waals surface area contributed by atoms with Gasteiger partial charge in [0.05, 0.1) is 6.61 Å². The molecule has 1 aromatic carbocycles. The summed E-state index contributed by atoms with van der Waals surface area (Å²) in [6.45, 7) is 1.13. The van der Waals surface area contributed by atoms with E-state index in [-0.39, 0.29) is 12.2 Å². The third-order valence-electron chi connectivity index (χ3n) is 1.92. The smallest absolute Gasteiger partial charge is 0.379 e. The van der Waals surface area contributed by atoms with Gasteiger partial charge in [-0.1, -0.05) is 28.1 Å². The molecule has 0 aromatic heterocycles. The van der Waals surface area contributed by atoms with Crippen molar-refractivity contribution in [3.05, 3.63) is 33.8 Å². The lowest BCUT2D eigenvalue weighted by Crippen LogP contribution is -2.17. The minimum atomic E-state index is -0.901. The van der Waals surface area contributed by atoms with Gasteiger partial charge in [0, 0.05) is 10.0 Å². The summed E-state index contributed by atoms with van der Waals surface area (Å²) in [5.41, 5.74) is 0.614. The zero-order chi connectivity index (χ0) is 12.1. The average molecular weight is 289 g/mol. The molecule has 0 bridgehead atoms. The Kier molecular flexibility index (Phi) is 4.61. The quantitative estimate of drug-likeness (QED) is 0.486. The molecule has 0 aliphatic rings. The van der Waals surface area contributed by atoms with Crippen LogP contribution in [0.3, 0.4) is 0 Å². The summed E-state index contributed by atoms with van der Waals surface area (Å²) in [5.74, 6) is -1.63. The van der Waals surface area contributed by atoms with Crippen LogP contribution in [0.5, 0.6) is 0 Å². The van der Waals surface area contributed by atoms with E-state index in [1.165, 1.54) is 18.2 Å². The van der Waals surface area contributed by atoms with Crippen LogP contribution in [0, 0.1) is 0 Å². The van der Waals surface area contributed by atoms with Gasteiger partial charge in [-0.3, -0.25) is 4.79 Å². The fourth-order valence-electron chi connectivity index (χ4n) is 1.11.